The van der Waals surface area contributed by atoms with Crippen LogP contribution in [0.5, 0.6) is 0 Å². The minimum Gasteiger partial charge on any atom is -0.211 e. The van der Waals surface area contributed by atoms with E-state index in [-0.39, 0.29) is 0 Å². The summed E-state index contributed by atoms with van der Waals surface area (Å²) in [6.07, 6.45) is 2.04. The van der Waals surface area contributed by atoms with Crippen LogP contribution in [0.2, 0.25) is 0 Å². The quantitative estimate of drug-likeness (QED) is 0.723. The Labute approximate surface area is 163 Å². The summed E-state index contributed by atoms with van der Waals surface area (Å²) in [6, 6.07) is 15.6. The van der Waals surface area contributed by atoms with E-state index in [0.717, 1.165) is 18.4 Å². The first kappa shape index (κ1) is 19.8. The van der Waals surface area contributed by atoms with Gasteiger partial charge in [-0.25, -0.2) is 13.1 Å². The number of nitrogens with one attached hydrogen (secondary N) is 1. The minimum atomic E-state index is -3.41. The van der Waals surface area contributed by atoms with E-state index in [4.69, 9.17) is 0 Å². The summed E-state index contributed by atoms with van der Waals surface area (Å²) in [4.78, 5) is 0.340. The van der Waals surface area contributed by atoms with Gasteiger partial charge in [-0.3, -0.25) is 0 Å². The predicted molar refractivity (Wildman–Crippen MR) is 112 cm³/mol. The lowest BCUT2D eigenvalue weighted by Crippen LogP contribution is -2.25. The van der Waals surface area contributed by atoms with E-state index in [0.29, 0.717) is 23.3 Å². The van der Waals surface area contributed by atoms with Gasteiger partial charge in [0.1, 0.15) is 0 Å². The molecule has 0 amide bonds. The average Bonchev–Trinajstić information content (AvgIpc) is 3.41. The molecule has 3 nitrogen and oxygen atoms in total. The first-order chi connectivity index (χ1) is 12.8. The Bertz CT molecular complexity index is 925. The first-order valence-electron chi connectivity index (χ1n) is 9.58. The van der Waals surface area contributed by atoms with Gasteiger partial charge in [0.2, 0.25) is 10.0 Å². The first-order valence-corrected chi connectivity index (χ1v) is 11.1. The van der Waals surface area contributed by atoms with Crippen LogP contribution in [-0.4, -0.2) is 15.0 Å². The lowest BCUT2D eigenvalue weighted by atomic mass is 9.97. The second kappa shape index (κ2) is 7.99. The monoisotopic (exact) mass is 383 g/mol. The lowest BCUT2D eigenvalue weighted by molar-refractivity contribution is 0.573. The molecule has 2 aromatic carbocycles. The van der Waals surface area contributed by atoms with Gasteiger partial charge in [0.25, 0.3) is 0 Å². The third-order valence-corrected chi connectivity index (χ3v) is 7.17. The summed E-state index contributed by atoms with van der Waals surface area (Å²) >= 11 is 0. The summed E-state index contributed by atoms with van der Waals surface area (Å²) in [5, 5.41) is 0. The Morgan fingerprint density at radius 1 is 0.963 bits per heavy atom. The highest BCUT2D eigenvalue weighted by Crippen LogP contribution is 2.48. The van der Waals surface area contributed by atoms with Gasteiger partial charge in [-0.05, 0) is 75.6 Å². The lowest BCUT2D eigenvalue weighted by Gasteiger charge is -2.10. The molecule has 27 heavy (non-hydrogen) atoms. The average molecular weight is 384 g/mol. The zero-order valence-corrected chi connectivity index (χ0v) is 17.4. The molecule has 4 heteroatoms. The Hall–Kier alpha value is -1.91. The van der Waals surface area contributed by atoms with E-state index in [2.05, 4.69) is 49.8 Å². The van der Waals surface area contributed by atoms with Crippen molar-refractivity contribution in [3.8, 4) is 0 Å². The molecule has 0 bridgehead atoms. The molecular formula is C23H29NO2S. The molecule has 0 saturated heterocycles. The summed E-state index contributed by atoms with van der Waals surface area (Å²) in [5.74, 6) is 1.15. The van der Waals surface area contributed by atoms with Crippen molar-refractivity contribution in [2.24, 2.45) is 11.8 Å². The van der Waals surface area contributed by atoms with Crippen molar-refractivity contribution in [2.75, 3.05) is 6.54 Å². The third-order valence-electron chi connectivity index (χ3n) is 5.69. The molecule has 2 aromatic rings. The SMILES string of the molecule is C/C(=C(/C)C1CC1CCNS(=O)(=O)c1ccc(C)cc1)c1ccc(C)cc1. The fourth-order valence-electron chi connectivity index (χ4n) is 3.59. The largest absolute Gasteiger partial charge is 0.240 e. The molecule has 0 spiro atoms. The van der Waals surface area contributed by atoms with Crippen LogP contribution in [-0.2, 0) is 10.0 Å². The highest BCUT2D eigenvalue weighted by Gasteiger charge is 2.38. The van der Waals surface area contributed by atoms with Crippen molar-refractivity contribution in [1.82, 2.24) is 4.72 Å². The molecule has 0 aromatic heterocycles. The van der Waals surface area contributed by atoms with E-state index < -0.39 is 10.0 Å². The van der Waals surface area contributed by atoms with Gasteiger partial charge in [-0.2, -0.15) is 0 Å². The Morgan fingerprint density at radius 2 is 1.52 bits per heavy atom. The number of benzene rings is 2. The molecule has 2 atom stereocenters. The smallest absolute Gasteiger partial charge is 0.211 e. The second-order valence-corrected chi connectivity index (χ2v) is 9.54. The van der Waals surface area contributed by atoms with Gasteiger partial charge >= 0.3 is 0 Å². The Morgan fingerprint density at radius 3 is 2.11 bits per heavy atom. The van der Waals surface area contributed by atoms with Crippen molar-refractivity contribution >= 4 is 15.6 Å². The third kappa shape index (κ3) is 4.88. The molecule has 0 heterocycles. The van der Waals surface area contributed by atoms with Crippen LogP contribution in [0.25, 0.3) is 5.57 Å². The summed E-state index contributed by atoms with van der Waals surface area (Å²) in [6.45, 7) is 8.95. The maximum absolute atomic E-state index is 12.4. The molecular weight excluding hydrogens is 354 g/mol. The van der Waals surface area contributed by atoms with Crippen LogP contribution in [0, 0.1) is 25.7 Å². The molecule has 2 unspecified atom stereocenters. The zero-order valence-electron chi connectivity index (χ0n) is 16.6. The Kier molecular flexibility index (Phi) is 5.87. The molecule has 1 aliphatic carbocycles. The van der Waals surface area contributed by atoms with E-state index in [1.165, 1.54) is 22.3 Å². The highest BCUT2D eigenvalue weighted by molar-refractivity contribution is 7.89. The van der Waals surface area contributed by atoms with Gasteiger partial charge in [0, 0.05) is 6.54 Å². The second-order valence-electron chi connectivity index (χ2n) is 7.78. The number of hydrogen-bond acceptors (Lipinski definition) is 2. The number of sulfonamides is 1. The van der Waals surface area contributed by atoms with Gasteiger partial charge in [-0.15, -0.1) is 0 Å². The van der Waals surface area contributed by atoms with Crippen molar-refractivity contribution < 1.29 is 8.42 Å². The molecule has 3 rings (SSSR count). The molecule has 0 radical (unpaired) electrons. The normalized spacial score (nSPS) is 20.3. The number of allylic oxidation sites excluding steroid dienone is 2. The van der Waals surface area contributed by atoms with Crippen molar-refractivity contribution in [2.45, 2.75) is 45.4 Å². The van der Waals surface area contributed by atoms with Crippen LogP contribution in [0.15, 0.2) is 59.0 Å². The van der Waals surface area contributed by atoms with Gasteiger partial charge in [0.05, 0.1) is 4.90 Å². The number of rotatable bonds is 7. The van der Waals surface area contributed by atoms with Crippen molar-refractivity contribution in [3.05, 3.63) is 70.8 Å². The molecule has 1 N–H and O–H groups in total. The van der Waals surface area contributed by atoms with E-state index in [1.54, 1.807) is 12.1 Å². The van der Waals surface area contributed by atoms with Crippen LogP contribution < -0.4 is 4.72 Å². The van der Waals surface area contributed by atoms with E-state index >= 15 is 0 Å². The fourth-order valence-corrected chi connectivity index (χ4v) is 4.63. The van der Waals surface area contributed by atoms with E-state index in [1.807, 2.05) is 19.1 Å². The van der Waals surface area contributed by atoms with E-state index in [9.17, 15) is 8.42 Å². The zero-order chi connectivity index (χ0) is 19.6. The fraction of sp³-hybridized carbons (Fsp3) is 0.391. The molecule has 1 saturated carbocycles. The highest BCUT2D eigenvalue weighted by atomic mass is 32.2. The predicted octanol–water partition coefficient (Wildman–Crippen LogP) is 5.10. The van der Waals surface area contributed by atoms with Crippen LogP contribution in [0.4, 0.5) is 0 Å². The minimum absolute atomic E-state index is 0.340. The molecule has 1 fully saturated rings. The van der Waals surface area contributed by atoms with Crippen LogP contribution in [0.1, 0.15) is 43.4 Å². The molecule has 1 aliphatic rings. The summed E-state index contributed by atoms with van der Waals surface area (Å²) < 4.78 is 27.5. The Balaban J connectivity index is 1.54. The van der Waals surface area contributed by atoms with Crippen LogP contribution >= 0.6 is 0 Å². The topological polar surface area (TPSA) is 46.2 Å². The van der Waals surface area contributed by atoms with Gasteiger partial charge in [0.15, 0.2) is 0 Å². The number of aryl methyl sites for hydroxylation is 2. The molecule has 0 aliphatic heterocycles. The summed E-state index contributed by atoms with van der Waals surface area (Å²) in [5.41, 5.74) is 6.40. The van der Waals surface area contributed by atoms with Crippen LogP contribution in [0.3, 0.4) is 0 Å². The maximum Gasteiger partial charge on any atom is 0.240 e. The van der Waals surface area contributed by atoms with Crippen molar-refractivity contribution in [1.29, 1.82) is 0 Å². The standard InChI is InChI=1S/C23H29NO2S/c1-16-5-9-20(10-6-16)18(3)19(4)23-15-21(23)13-14-24-27(25,26)22-11-7-17(2)8-12-22/h5-12,21,23-24H,13-15H2,1-4H3/b19-18+. The van der Waals surface area contributed by atoms with Gasteiger partial charge < -0.3 is 0 Å². The van der Waals surface area contributed by atoms with Gasteiger partial charge in [-0.1, -0.05) is 53.1 Å². The maximum atomic E-state index is 12.4. The summed E-state index contributed by atoms with van der Waals surface area (Å²) in [7, 11) is -3.41. The molecule has 144 valence electrons. The number of hydrogen-bond donors (Lipinski definition) is 1. The van der Waals surface area contributed by atoms with Crippen molar-refractivity contribution in [3.63, 3.8) is 0 Å².